The number of H-pyrrole nitrogens is 1. The fourth-order valence-corrected chi connectivity index (χ4v) is 4.48. The highest BCUT2D eigenvalue weighted by Crippen LogP contribution is 2.33. The minimum absolute atomic E-state index is 0.119. The fraction of sp³-hybridized carbons (Fsp3) is 0.348. The number of nitrogens with one attached hydrogen (secondary N) is 1. The molecule has 0 radical (unpaired) electrons. The van der Waals surface area contributed by atoms with Crippen LogP contribution in [0.5, 0.6) is 0 Å². The largest absolute Gasteiger partial charge is 0.449 e. The van der Waals surface area contributed by atoms with E-state index in [-0.39, 0.29) is 18.0 Å². The SMILES string of the molecule is O=c1[nH]c(CN2CCC(Cn3c(C(F)(F)F)nc4ccccc43)CC2)nc2ccccc12. The van der Waals surface area contributed by atoms with Crippen LogP contribution < -0.4 is 5.56 Å². The molecule has 3 heterocycles. The number of aromatic amines is 1. The Morgan fingerprint density at radius 1 is 0.969 bits per heavy atom. The van der Waals surface area contributed by atoms with Gasteiger partial charge in [-0.2, -0.15) is 13.2 Å². The zero-order chi connectivity index (χ0) is 22.3. The molecule has 1 aliphatic heterocycles. The molecule has 1 aliphatic rings. The number of para-hydroxylation sites is 3. The van der Waals surface area contributed by atoms with Crippen LogP contribution in [0.2, 0.25) is 0 Å². The predicted octanol–water partition coefficient (Wildman–Crippen LogP) is 4.20. The highest BCUT2D eigenvalue weighted by Gasteiger charge is 2.38. The first kappa shape index (κ1) is 20.7. The Hall–Kier alpha value is -3.20. The van der Waals surface area contributed by atoms with Crippen molar-refractivity contribution < 1.29 is 13.2 Å². The van der Waals surface area contributed by atoms with Gasteiger partial charge >= 0.3 is 6.18 Å². The number of imidazole rings is 1. The molecule has 0 unspecified atom stereocenters. The average molecular weight is 441 g/mol. The molecule has 5 rings (SSSR count). The van der Waals surface area contributed by atoms with E-state index in [2.05, 4.69) is 19.9 Å². The number of halogens is 3. The van der Waals surface area contributed by atoms with Gasteiger partial charge < -0.3 is 9.55 Å². The third-order valence-corrected chi connectivity index (χ3v) is 6.09. The predicted molar refractivity (Wildman–Crippen MR) is 115 cm³/mol. The molecule has 166 valence electrons. The van der Waals surface area contributed by atoms with Crippen molar-refractivity contribution in [1.82, 2.24) is 24.4 Å². The fourth-order valence-electron chi connectivity index (χ4n) is 4.48. The molecule has 0 atom stereocenters. The number of alkyl halides is 3. The van der Waals surface area contributed by atoms with Crippen molar-refractivity contribution in [2.45, 2.75) is 32.1 Å². The summed E-state index contributed by atoms with van der Waals surface area (Å²) in [6, 6.07) is 13.9. The molecule has 0 aliphatic carbocycles. The number of benzene rings is 2. The number of rotatable bonds is 4. The van der Waals surface area contributed by atoms with Gasteiger partial charge in [0.05, 0.1) is 28.5 Å². The van der Waals surface area contributed by atoms with Gasteiger partial charge in [-0.1, -0.05) is 24.3 Å². The lowest BCUT2D eigenvalue weighted by molar-refractivity contribution is -0.147. The van der Waals surface area contributed by atoms with Crippen molar-refractivity contribution >= 4 is 21.9 Å². The van der Waals surface area contributed by atoms with Crippen LogP contribution in [-0.4, -0.2) is 37.5 Å². The quantitative estimate of drug-likeness (QED) is 0.515. The lowest BCUT2D eigenvalue weighted by atomic mass is 9.96. The monoisotopic (exact) mass is 441 g/mol. The number of likely N-dealkylation sites (tertiary alicyclic amines) is 1. The van der Waals surface area contributed by atoms with Crippen LogP contribution in [0.15, 0.2) is 53.3 Å². The summed E-state index contributed by atoms with van der Waals surface area (Å²) in [5.41, 5.74) is 1.38. The maximum atomic E-state index is 13.6. The van der Waals surface area contributed by atoms with E-state index in [9.17, 15) is 18.0 Å². The van der Waals surface area contributed by atoms with Crippen LogP contribution in [0.4, 0.5) is 13.2 Å². The van der Waals surface area contributed by atoms with Gasteiger partial charge in [0, 0.05) is 6.54 Å². The number of aromatic nitrogens is 4. The first-order chi connectivity index (χ1) is 15.4. The van der Waals surface area contributed by atoms with Crippen molar-refractivity contribution in [3.8, 4) is 0 Å². The highest BCUT2D eigenvalue weighted by atomic mass is 19.4. The second kappa shape index (κ2) is 8.05. The molecule has 4 aromatic rings. The molecule has 2 aromatic carbocycles. The maximum Gasteiger partial charge on any atom is 0.449 e. The summed E-state index contributed by atoms with van der Waals surface area (Å²) in [6.45, 7) is 2.26. The molecule has 2 aromatic heterocycles. The second-order valence-corrected chi connectivity index (χ2v) is 8.28. The Bertz CT molecular complexity index is 1320. The van der Waals surface area contributed by atoms with Crippen LogP contribution in [-0.2, 0) is 19.3 Å². The molecule has 0 bridgehead atoms. The van der Waals surface area contributed by atoms with E-state index in [1.165, 1.54) is 4.57 Å². The molecule has 0 saturated carbocycles. The van der Waals surface area contributed by atoms with Gasteiger partial charge in [-0.25, -0.2) is 9.97 Å². The summed E-state index contributed by atoms with van der Waals surface area (Å²) in [7, 11) is 0. The lowest BCUT2D eigenvalue weighted by Gasteiger charge is -2.32. The number of hydrogen-bond acceptors (Lipinski definition) is 4. The van der Waals surface area contributed by atoms with E-state index < -0.39 is 12.0 Å². The molecule has 32 heavy (non-hydrogen) atoms. The van der Waals surface area contributed by atoms with Crippen molar-refractivity contribution in [3.63, 3.8) is 0 Å². The number of nitrogens with zero attached hydrogens (tertiary/aromatic N) is 4. The zero-order valence-electron chi connectivity index (χ0n) is 17.3. The summed E-state index contributed by atoms with van der Waals surface area (Å²) < 4.78 is 42.0. The number of fused-ring (bicyclic) bond motifs is 2. The molecular weight excluding hydrogens is 419 g/mol. The number of piperidine rings is 1. The van der Waals surface area contributed by atoms with Crippen molar-refractivity contribution in [3.05, 3.63) is 70.5 Å². The summed E-state index contributed by atoms with van der Waals surface area (Å²) in [6.07, 6.45) is -2.96. The zero-order valence-corrected chi connectivity index (χ0v) is 17.3. The topological polar surface area (TPSA) is 66.8 Å². The van der Waals surface area contributed by atoms with Crippen molar-refractivity contribution in [1.29, 1.82) is 0 Å². The maximum absolute atomic E-state index is 13.6. The molecule has 0 spiro atoms. The molecular formula is C23H22F3N5O. The van der Waals surface area contributed by atoms with Gasteiger partial charge in [0.25, 0.3) is 5.56 Å². The normalized spacial score (nSPS) is 16.2. The third kappa shape index (κ3) is 4.00. The van der Waals surface area contributed by atoms with Crippen LogP contribution in [0, 0.1) is 5.92 Å². The van der Waals surface area contributed by atoms with Crippen molar-refractivity contribution in [2.24, 2.45) is 5.92 Å². The Morgan fingerprint density at radius 2 is 1.66 bits per heavy atom. The van der Waals surface area contributed by atoms with Crippen LogP contribution in [0.1, 0.15) is 24.5 Å². The van der Waals surface area contributed by atoms with Gasteiger partial charge in [0.15, 0.2) is 0 Å². The van der Waals surface area contributed by atoms with E-state index in [1.807, 2.05) is 12.1 Å². The molecule has 1 saturated heterocycles. The minimum Gasteiger partial charge on any atom is -0.320 e. The van der Waals surface area contributed by atoms with E-state index in [4.69, 9.17) is 0 Å². The third-order valence-electron chi connectivity index (χ3n) is 6.09. The Kier molecular flexibility index (Phi) is 5.21. The smallest absolute Gasteiger partial charge is 0.320 e. The summed E-state index contributed by atoms with van der Waals surface area (Å²) in [5.74, 6) is -0.111. The minimum atomic E-state index is -4.49. The highest BCUT2D eigenvalue weighted by molar-refractivity contribution is 5.77. The first-order valence-corrected chi connectivity index (χ1v) is 10.6. The molecule has 0 amide bonds. The molecule has 1 N–H and O–H groups in total. The summed E-state index contributed by atoms with van der Waals surface area (Å²) >= 11 is 0. The molecule has 9 heteroatoms. The van der Waals surface area contributed by atoms with Gasteiger partial charge in [-0.15, -0.1) is 0 Å². The van der Waals surface area contributed by atoms with Crippen LogP contribution in [0.3, 0.4) is 0 Å². The van der Waals surface area contributed by atoms with Crippen LogP contribution >= 0.6 is 0 Å². The van der Waals surface area contributed by atoms with Crippen molar-refractivity contribution in [2.75, 3.05) is 13.1 Å². The van der Waals surface area contributed by atoms with Gasteiger partial charge in [-0.3, -0.25) is 9.69 Å². The second-order valence-electron chi connectivity index (χ2n) is 8.28. The van der Waals surface area contributed by atoms with E-state index in [0.717, 1.165) is 25.9 Å². The van der Waals surface area contributed by atoms with Gasteiger partial charge in [-0.05, 0) is 56.1 Å². The Balaban J connectivity index is 1.29. The van der Waals surface area contributed by atoms with E-state index in [1.54, 1.807) is 36.4 Å². The lowest BCUT2D eigenvalue weighted by Crippen LogP contribution is -2.35. The Labute approximate surface area is 181 Å². The molecule has 1 fully saturated rings. The van der Waals surface area contributed by atoms with Gasteiger partial charge in [0.2, 0.25) is 5.82 Å². The summed E-state index contributed by atoms with van der Waals surface area (Å²) in [5, 5.41) is 0.558. The van der Waals surface area contributed by atoms with Crippen LogP contribution in [0.25, 0.3) is 21.9 Å². The van der Waals surface area contributed by atoms with E-state index in [0.29, 0.717) is 34.3 Å². The molecule has 6 nitrogen and oxygen atoms in total. The number of hydrogen-bond donors (Lipinski definition) is 1. The van der Waals surface area contributed by atoms with Gasteiger partial charge in [0.1, 0.15) is 5.82 Å². The average Bonchev–Trinajstić information content (AvgIpc) is 3.14. The first-order valence-electron chi connectivity index (χ1n) is 10.6. The standard InChI is InChI=1S/C23H22F3N5O/c24-23(25,26)22-28-18-7-3-4-8-19(18)31(22)13-15-9-11-30(12-10-15)14-20-27-17-6-2-1-5-16(17)21(32)29-20/h1-8,15H,9-14H2,(H,27,29,32). The summed E-state index contributed by atoms with van der Waals surface area (Å²) in [4.78, 5) is 25.7. The Morgan fingerprint density at radius 3 is 2.41 bits per heavy atom. The van der Waals surface area contributed by atoms with E-state index >= 15 is 0 Å².